The molecule has 22 heavy (non-hydrogen) atoms. The van der Waals surface area contributed by atoms with Crippen LogP contribution in [0.2, 0.25) is 0 Å². The van der Waals surface area contributed by atoms with E-state index in [-0.39, 0.29) is 5.91 Å². The van der Waals surface area contributed by atoms with Gasteiger partial charge in [0, 0.05) is 19.2 Å². The van der Waals surface area contributed by atoms with Crippen LogP contribution in [0, 0.1) is 5.92 Å². The number of nitrogens with two attached hydrogens (primary N) is 1. The first-order valence-electron chi connectivity index (χ1n) is 7.57. The van der Waals surface area contributed by atoms with E-state index in [0.717, 1.165) is 16.8 Å². The highest BCUT2D eigenvalue weighted by atomic mass is 16.2. The number of nitrogens with zero attached hydrogens (tertiary/aromatic N) is 2. The summed E-state index contributed by atoms with van der Waals surface area (Å²) in [6.45, 7) is 4.62. The Hall–Kier alpha value is -2.14. The van der Waals surface area contributed by atoms with Gasteiger partial charge in [-0.05, 0) is 17.9 Å². The fraction of sp³-hybridized carbons (Fsp3) is 0.412. The van der Waals surface area contributed by atoms with Crippen molar-refractivity contribution in [3.8, 4) is 11.3 Å². The molecule has 1 atom stereocenters. The molecule has 5 nitrogen and oxygen atoms in total. The molecule has 0 aliphatic rings. The zero-order valence-electron chi connectivity index (χ0n) is 13.4. The van der Waals surface area contributed by atoms with Gasteiger partial charge in [-0.3, -0.25) is 9.89 Å². The summed E-state index contributed by atoms with van der Waals surface area (Å²) in [5.41, 5.74) is 8.97. The molecule has 0 bridgehead atoms. The van der Waals surface area contributed by atoms with Crippen molar-refractivity contribution in [3.63, 3.8) is 0 Å². The van der Waals surface area contributed by atoms with Crippen LogP contribution in [-0.4, -0.2) is 34.1 Å². The minimum atomic E-state index is -0.447. The van der Waals surface area contributed by atoms with E-state index in [1.165, 1.54) is 0 Å². The average molecular weight is 300 g/mol. The Kier molecular flexibility index (Phi) is 5.33. The number of H-pyrrole nitrogens is 1. The second-order valence-electron chi connectivity index (χ2n) is 6.07. The van der Waals surface area contributed by atoms with E-state index in [9.17, 15) is 4.79 Å². The first-order valence-corrected chi connectivity index (χ1v) is 7.57. The molecule has 2 rings (SSSR count). The molecule has 0 spiro atoms. The Morgan fingerprint density at radius 1 is 1.32 bits per heavy atom. The molecule has 3 N–H and O–H groups in total. The van der Waals surface area contributed by atoms with Gasteiger partial charge in [-0.2, -0.15) is 5.10 Å². The minimum Gasteiger partial charge on any atom is -0.340 e. The molecule has 1 aromatic carbocycles. The fourth-order valence-electron chi connectivity index (χ4n) is 2.51. The molecule has 0 fully saturated rings. The van der Waals surface area contributed by atoms with Gasteiger partial charge < -0.3 is 10.6 Å². The van der Waals surface area contributed by atoms with E-state index >= 15 is 0 Å². The molecular formula is C17H24N4O. The number of aromatic nitrogens is 2. The van der Waals surface area contributed by atoms with Crippen LogP contribution in [0.15, 0.2) is 36.5 Å². The number of carbonyl (C=O) groups is 1. The maximum absolute atomic E-state index is 12.3. The van der Waals surface area contributed by atoms with Gasteiger partial charge in [0.2, 0.25) is 5.91 Å². The first-order chi connectivity index (χ1) is 10.5. The van der Waals surface area contributed by atoms with E-state index in [0.29, 0.717) is 18.9 Å². The molecule has 0 saturated carbocycles. The molecule has 0 aliphatic carbocycles. The monoisotopic (exact) mass is 300 g/mol. The molecular weight excluding hydrogens is 276 g/mol. The minimum absolute atomic E-state index is 0.0334. The number of aromatic amines is 1. The van der Waals surface area contributed by atoms with Crippen molar-refractivity contribution in [3.05, 3.63) is 42.1 Å². The number of hydrogen-bond donors (Lipinski definition) is 2. The van der Waals surface area contributed by atoms with E-state index in [4.69, 9.17) is 5.73 Å². The van der Waals surface area contributed by atoms with Crippen molar-refractivity contribution in [2.24, 2.45) is 11.7 Å². The second-order valence-corrected chi connectivity index (χ2v) is 6.07. The van der Waals surface area contributed by atoms with Crippen LogP contribution in [-0.2, 0) is 11.3 Å². The van der Waals surface area contributed by atoms with Crippen molar-refractivity contribution in [2.45, 2.75) is 32.9 Å². The third kappa shape index (κ3) is 3.95. The summed E-state index contributed by atoms with van der Waals surface area (Å²) >= 11 is 0. The highest BCUT2D eigenvalue weighted by molar-refractivity contribution is 5.81. The van der Waals surface area contributed by atoms with Gasteiger partial charge in [0.1, 0.15) is 0 Å². The number of likely N-dealkylation sites (N-methyl/N-ethyl adjacent to an activating group) is 1. The van der Waals surface area contributed by atoms with Crippen molar-refractivity contribution < 1.29 is 4.79 Å². The molecule has 1 amide bonds. The van der Waals surface area contributed by atoms with Crippen LogP contribution in [0.4, 0.5) is 0 Å². The molecule has 118 valence electrons. The number of benzene rings is 1. The SMILES string of the molecule is CC(C)C[C@@H](N)C(=O)N(C)Cc1cn[nH]c1-c1ccccc1. The highest BCUT2D eigenvalue weighted by Crippen LogP contribution is 2.21. The van der Waals surface area contributed by atoms with Crippen molar-refractivity contribution in [1.29, 1.82) is 0 Å². The fourth-order valence-corrected chi connectivity index (χ4v) is 2.51. The summed E-state index contributed by atoms with van der Waals surface area (Å²) < 4.78 is 0. The maximum Gasteiger partial charge on any atom is 0.239 e. The standard InChI is InChI=1S/C17H24N4O/c1-12(2)9-15(18)17(22)21(3)11-14-10-19-20-16(14)13-7-5-4-6-8-13/h4-8,10,12,15H,9,11,18H2,1-3H3,(H,19,20)/t15-/m1/s1. The smallest absolute Gasteiger partial charge is 0.239 e. The van der Waals surface area contributed by atoms with Crippen LogP contribution in [0.25, 0.3) is 11.3 Å². The summed E-state index contributed by atoms with van der Waals surface area (Å²) in [6.07, 6.45) is 2.46. The number of nitrogens with one attached hydrogen (secondary N) is 1. The lowest BCUT2D eigenvalue weighted by Crippen LogP contribution is -2.42. The van der Waals surface area contributed by atoms with Crippen LogP contribution in [0.5, 0.6) is 0 Å². The van der Waals surface area contributed by atoms with Gasteiger partial charge in [-0.25, -0.2) is 0 Å². The highest BCUT2D eigenvalue weighted by Gasteiger charge is 2.20. The van der Waals surface area contributed by atoms with E-state index in [2.05, 4.69) is 24.0 Å². The Morgan fingerprint density at radius 3 is 2.64 bits per heavy atom. The third-order valence-corrected chi connectivity index (χ3v) is 3.61. The quantitative estimate of drug-likeness (QED) is 0.860. The molecule has 0 unspecified atom stereocenters. The Morgan fingerprint density at radius 2 is 2.00 bits per heavy atom. The van der Waals surface area contributed by atoms with E-state index < -0.39 is 6.04 Å². The summed E-state index contributed by atoms with van der Waals surface area (Å²) in [6, 6.07) is 9.52. The average Bonchev–Trinajstić information content (AvgIpc) is 2.94. The van der Waals surface area contributed by atoms with Crippen LogP contribution >= 0.6 is 0 Å². The Bertz CT molecular complexity index is 606. The maximum atomic E-state index is 12.3. The third-order valence-electron chi connectivity index (χ3n) is 3.61. The molecule has 0 radical (unpaired) electrons. The van der Waals surface area contributed by atoms with Gasteiger partial charge in [0.05, 0.1) is 17.9 Å². The van der Waals surface area contributed by atoms with Crippen LogP contribution in [0.3, 0.4) is 0 Å². The molecule has 2 aromatic rings. The van der Waals surface area contributed by atoms with Crippen LogP contribution < -0.4 is 5.73 Å². The number of amides is 1. The lowest BCUT2D eigenvalue weighted by Gasteiger charge is -2.22. The molecule has 0 aliphatic heterocycles. The predicted molar refractivity (Wildman–Crippen MR) is 87.9 cm³/mol. The van der Waals surface area contributed by atoms with E-state index in [1.54, 1.807) is 18.1 Å². The molecule has 1 heterocycles. The summed E-state index contributed by atoms with van der Waals surface area (Å²) in [7, 11) is 1.78. The van der Waals surface area contributed by atoms with Crippen molar-refractivity contribution >= 4 is 5.91 Å². The Balaban J connectivity index is 2.08. The number of hydrogen-bond acceptors (Lipinski definition) is 3. The first kappa shape index (κ1) is 16.2. The zero-order valence-corrected chi connectivity index (χ0v) is 13.4. The van der Waals surface area contributed by atoms with Gasteiger partial charge in [-0.1, -0.05) is 44.2 Å². The summed E-state index contributed by atoms with van der Waals surface area (Å²) in [5.74, 6) is 0.370. The predicted octanol–water partition coefficient (Wildman–Crippen LogP) is 2.41. The second kappa shape index (κ2) is 7.22. The van der Waals surface area contributed by atoms with Crippen molar-refractivity contribution in [1.82, 2.24) is 15.1 Å². The largest absolute Gasteiger partial charge is 0.340 e. The lowest BCUT2D eigenvalue weighted by atomic mass is 10.0. The number of carbonyl (C=O) groups excluding carboxylic acids is 1. The molecule has 1 aromatic heterocycles. The molecule has 0 saturated heterocycles. The molecule has 5 heteroatoms. The summed E-state index contributed by atoms with van der Waals surface area (Å²) in [4.78, 5) is 14.0. The zero-order chi connectivity index (χ0) is 16.1. The van der Waals surface area contributed by atoms with Gasteiger partial charge >= 0.3 is 0 Å². The normalized spacial score (nSPS) is 12.4. The van der Waals surface area contributed by atoms with Gasteiger partial charge in [-0.15, -0.1) is 0 Å². The van der Waals surface area contributed by atoms with Crippen molar-refractivity contribution in [2.75, 3.05) is 7.05 Å². The van der Waals surface area contributed by atoms with Gasteiger partial charge in [0.25, 0.3) is 0 Å². The van der Waals surface area contributed by atoms with Crippen LogP contribution in [0.1, 0.15) is 25.8 Å². The number of rotatable bonds is 6. The van der Waals surface area contributed by atoms with Gasteiger partial charge in [0.15, 0.2) is 0 Å². The summed E-state index contributed by atoms with van der Waals surface area (Å²) in [5, 5.41) is 7.12. The van der Waals surface area contributed by atoms with E-state index in [1.807, 2.05) is 30.3 Å². The topological polar surface area (TPSA) is 75.0 Å². The Labute approximate surface area is 131 Å². The lowest BCUT2D eigenvalue weighted by molar-refractivity contribution is -0.132.